The fraction of sp³-hybridized carbons (Fsp3) is 0.0714. The van der Waals surface area contributed by atoms with Gasteiger partial charge in [-0.25, -0.2) is 0 Å². The summed E-state index contributed by atoms with van der Waals surface area (Å²) in [7, 11) is 1.48. The highest BCUT2D eigenvalue weighted by atomic mass is 35.5. The molecule has 2 aromatic rings. The molecule has 3 nitrogen and oxygen atoms in total. The molecule has 0 saturated carbocycles. The molecule has 20 heavy (non-hydrogen) atoms. The lowest BCUT2D eigenvalue weighted by atomic mass is 10.0. The van der Waals surface area contributed by atoms with E-state index in [4.69, 9.17) is 45.3 Å². The second kappa shape index (κ2) is 5.92. The zero-order valence-corrected chi connectivity index (χ0v) is 12.7. The molecule has 0 aliphatic rings. The number of benzene rings is 2. The van der Waals surface area contributed by atoms with Crippen molar-refractivity contribution in [2.75, 3.05) is 12.8 Å². The lowest BCUT2D eigenvalue weighted by Gasteiger charge is -2.10. The molecule has 2 aromatic carbocycles. The average molecular weight is 331 g/mol. The molecule has 104 valence electrons. The van der Waals surface area contributed by atoms with Gasteiger partial charge in [-0.1, -0.05) is 34.8 Å². The van der Waals surface area contributed by atoms with Crippen LogP contribution in [0.1, 0.15) is 15.9 Å². The monoisotopic (exact) mass is 329 g/mol. The van der Waals surface area contributed by atoms with E-state index in [1.54, 1.807) is 12.1 Å². The van der Waals surface area contributed by atoms with Gasteiger partial charge in [-0.15, -0.1) is 0 Å². The topological polar surface area (TPSA) is 52.3 Å². The summed E-state index contributed by atoms with van der Waals surface area (Å²) in [4.78, 5) is 12.5. The summed E-state index contributed by atoms with van der Waals surface area (Å²) in [6.07, 6.45) is 0. The van der Waals surface area contributed by atoms with Crippen molar-refractivity contribution < 1.29 is 9.53 Å². The molecule has 6 heteroatoms. The molecule has 0 amide bonds. The maximum absolute atomic E-state index is 12.5. The number of methoxy groups -OCH3 is 1. The Bertz CT molecular complexity index is 663. The predicted molar refractivity (Wildman–Crippen MR) is 82.3 cm³/mol. The van der Waals surface area contributed by atoms with Crippen LogP contribution in [0.5, 0.6) is 5.75 Å². The molecule has 0 radical (unpaired) electrons. The molecular formula is C14H10Cl3NO2. The standard InChI is InChI=1S/C14H10Cl3NO2/c1-20-12-3-2-8(15)6-9(12)14(19)7-4-10(16)13(18)11(17)5-7/h2-6H,18H2,1H3. The number of halogens is 3. The Kier molecular flexibility index (Phi) is 4.43. The van der Waals surface area contributed by atoms with Crippen LogP contribution in [0.2, 0.25) is 15.1 Å². The first kappa shape index (κ1) is 15.0. The number of carbonyl (C=O) groups is 1. The third-order valence-corrected chi connectivity index (χ3v) is 3.61. The van der Waals surface area contributed by atoms with Gasteiger partial charge < -0.3 is 10.5 Å². The van der Waals surface area contributed by atoms with E-state index in [0.717, 1.165) is 0 Å². The van der Waals surface area contributed by atoms with Gasteiger partial charge in [0.05, 0.1) is 28.4 Å². The van der Waals surface area contributed by atoms with Crippen LogP contribution in [0.3, 0.4) is 0 Å². The van der Waals surface area contributed by atoms with E-state index in [-0.39, 0.29) is 21.5 Å². The second-order valence-corrected chi connectivity index (χ2v) is 5.28. The molecular weight excluding hydrogens is 321 g/mol. The van der Waals surface area contributed by atoms with Crippen molar-refractivity contribution in [1.29, 1.82) is 0 Å². The van der Waals surface area contributed by atoms with Gasteiger partial charge in [-0.2, -0.15) is 0 Å². The molecule has 0 spiro atoms. The Labute approximate surface area is 131 Å². The minimum atomic E-state index is -0.298. The molecule has 0 aliphatic heterocycles. The normalized spacial score (nSPS) is 10.4. The first-order chi connectivity index (χ1) is 9.43. The highest BCUT2D eigenvalue weighted by Crippen LogP contribution is 2.31. The molecule has 0 fully saturated rings. The van der Waals surface area contributed by atoms with E-state index < -0.39 is 0 Å². The molecule has 0 heterocycles. The van der Waals surface area contributed by atoms with Crippen LogP contribution in [-0.4, -0.2) is 12.9 Å². The molecule has 0 saturated heterocycles. The number of carbonyl (C=O) groups excluding carboxylic acids is 1. The maximum atomic E-state index is 12.5. The number of nitrogen functional groups attached to an aromatic ring is 1. The molecule has 0 bridgehead atoms. The van der Waals surface area contributed by atoms with Crippen molar-refractivity contribution in [3.05, 3.63) is 56.5 Å². The van der Waals surface area contributed by atoms with Gasteiger partial charge >= 0.3 is 0 Å². The van der Waals surface area contributed by atoms with Gasteiger partial charge in [0, 0.05) is 10.6 Å². The number of hydrogen-bond acceptors (Lipinski definition) is 3. The maximum Gasteiger partial charge on any atom is 0.196 e. The number of anilines is 1. The smallest absolute Gasteiger partial charge is 0.196 e. The van der Waals surface area contributed by atoms with Crippen LogP contribution in [0, 0.1) is 0 Å². The van der Waals surface area contributed by atoms with Crippen molar-refractivity contribution in [3.8, 4) is 5.75 Å². The molecule has 0 unspecified atom stereocenters. The molecule has 0 aliphatic carbocycles. The summed E-state index contributed by atoms with van der Waals surface area (Å²) in [5.74, 6) is 0.122. The van der Waals surface area contributed by atoms with Gasteiger partial charge in [-0.05, 0) is 30.3 Å². The summed E-state index contributed by atoms with van der Waals surface area (Å²) in [6, 6.07) is 7.72. The van der Waals surface area contributed by atoms with Gasteiger partial charge in [0.1, 0.15) is 5.75 Å². The van der Waals surface area contributed by atoms with E-state index in [1.807, 2.05) is 0 Å². The van der Waals surface area contributed by atoms with Crippen LogP contribution < -0.4 is 10.5 Å². The largest absolute Gasteiger partial charge is 0.496 e. The van der Waals surface area contributed by atoms with Crippen LogP contribution in [0.15, 0.2) is 30.3 Å². The fourth-order valence-electron chi connectivity index (χ4n) is 1.73. The van der Waals surface area contributed by atoms with E-state index in [1.165, 1.54) is 25.3 Å². The van der Waals surface area contributed by atoms with Gasteiger partial charge in [0.2, 0.25) is 0 Å². The van der Waals surface area contributed by atoms with Crippen molar-refractivity contribution in [1.82, 2.24) is 0 Å². The van der Waals surface area contributed by atoms with Crippen molar-refractivity contribution >= 4 is 46.3 Å². The van der Waals surface area contributed by atoms with Crippen molar-refractivity contribution in [2.45, 2.75) is 0 Å². The Morgan fingerprint density at radius 1 is 1.10 bits per heavy atom. The highest BCUT2D eigenvalue weighted by molar-refractivity contribution is 6.39. The Hall–Kier alpha value is -1.42. The summed E-state index contributed by atoms with van der Waals surface area (Å²) in [5, 5.41) is 0.880. The summed E-state index contributed by atoms with van der Waals surface area (Å²) >= 11 is 17.8. The third-order valence-electron chi connectivity index (χ3n) is 2.75. The van der Waals surface area contributed by atoms with Gasteiger partial charge in [-0.3, -0.25) is 4.79 Å². The lowest BCUT2D eigenvalue weighted by molar-refractivity contribution is 0.103. The summed E-state index contributed by atoms with van der Waals surface area (Å²) in [5.41, 5.74) is 6.53. The Morgan fingerprint density at radius 2 is 1.70 bits per heavy atom. The lowest BCUT2D eigenvalue weighted by Crippen LogP contribution is -2.05. The molecule has 2 rings (SSSR count). The van der Waals surface area contributed by atoms with Gasteiger partial charge in [0.15, 0.2) is 5.78 Å². The Balaban J connectivity index is 2.54. The van der Waals surface area contributed by atoms with E-state index in [2.05, 4.69) is 0 Å². The predicted octanol–water partition coefficient (Wildman–Crippen LogP) is 4.47. The van der Waals surface area contributed by atoms with Crippen LogP contribution in [0.25, 0.3) is 0 Å². The average Bonchev–Trinajstić information content (AvgIpc) is 2.43. The molecule has 2 N–H and O–H groups in total. The van der Waals surface area contributed by atoms with Crippen molar-refractivity contribution in [3.63, 3.8) is 0 Å². The van der Waals surface area contributed by atoms with Crippen LogP contribution in [-0.2, 0) is 0 Å². The van der Waals surface area contributed by atoms with Crippen molar-refractivity contribution in [2.24, 2.45) is 0 Å². The quantitative estimate of drug-likeness (QED) is 0.667. The third kappa shape index (κ3) is 2.85. The number of rotatable bonds is 3. The van der Waals surface area contributed by atoms with Crippen LogP contribution >= 0.6 is 34.8 Å². The fourth-order valence-corrected chi connectivity index (χ4v) is 2.39. The first-order valence-corrected chi connectivity index (χ1v) is 6.70. The van der Waals surface area contributed by atoms with Crippen LogP contribution in [0.4, 0.5) is 5.69 Å². The number of ether oxygens (including phenoxy) is 1. The number of hydrogen-bond donors (Lipinski definition) is 1. The van der Waals surface area contributed by atoms with E-state index in [9.17, 15) is 4.79 Å². The molecule has 0 aromatic heterocycles. The van der Waals surface area contributed by atoms with Gasteiger partial charge in [0.25, 0.3) is 0 Å². The minimum Gasteiger partial charge on any atom is -0.496 e. The number of nitrogens with two attached hydrogens (primary N) is 1. The second-order valence-electron chi connectivity index (χ2n) is 4.03. The first-order valence-electron chi connectivity index (χ1n) is 5.56. The number of ketones is 1. The zero-order chi connectivity index (χ0) is 14.9. The van der Waals surface area contributed by atoms with E-state index >= 15 is 0 Å². The Morgan fingerprint density at radius 3 is 2.25 bits per heavy atom. The highest BCUT2D eigenvalue weighted by Gasteiger charge is 2.17. The zero-order valence-electron chi connectivity index (χ0n) is 10.4. The summed E-state index contributed by atoms with van der Waals surface area (Å²) in [6.45, 7) is 0. The minimum absolute atomic E-state index is 0.224. The SMILES string of the molecule is COc1ccc(Cl)cc1C(=O)c1cc(Cl)c(N)c(Cl)c1. The van der Waals surface area contributed by atoms with E-state index in [0.29, 0.717) is 21.9 Å². The summed E-state index contributed by atoms with van der Waals surface area (Å²) < 4.78 is 5.16. The molecule has 0 atom stereocenters.